The number of ether oxygens (including phenoxy) is 1. The quantitative estimate of drug-likeness (QED) is 0.711. The van der Waals surface area contributed by atoms with E-state index in [2.05, 4.69) is 14.1 Å². The maximum atomic E-state index is 12.9. The van der Waals surface area contributed by atoms with Crippen LogP contribution in [0.15, 0.2) is 23.1 Å². The number of carbonyl (C=O) groups excluding carboxylic acids is 2. The van der Waals surface area contributed by atoms with Crippen molar-refractivity contribution < 1.29 is 22.7 Å². The Labute approximate surface area is 173 Å². The van der Waals surface area contributed by atoms with E-state index in [4.69, 9.17) is 4.74 Å². The second-order valence-electron chi connectivity index (χ2n) is 6.68. The maximum Gasteiger partial charge on any atom is 0.409 e. The number of nitrogens with one attached hydrogen (secondary N) is 1. The van der Waals surface area contributed by atoms with Gasteiger partial charge >= 0.3 is 6.09 Å². The van der Waals surface area contributed by atoms with Crippen molar-refractivity contribution in [2.45, 2.75) is 30.7 Å². The molecule has 0 radical (unpaired) electrons. The lowest BCUT2D eigenvalue weighted by Crippen LogP contribution is -2.49. The summed E-state index contributed by atoms with van der Waals surface area (Å²) < 4.78 is 39.8. The first-order valence-corrected chi connectivity index (χ1v) is 11.4. The van der Waals surface area contributed by atoms with E-state index < -0.39 is 15.9 Å². The van der Waals surface area contributed by atoms with Gasteiger partial charge in [-0.15, -0.1) is 0 Å². The Morgan fingerprint density at radius 3 is 2.72 bits per heavy atom. The molecule has 10 nitrogen and oxygen atoms in total. The van der Waals surface area contributed by atoms with Crippen molar-refractivity contribution in [3.05, 3.63) is 18.2 Å². The Kier molecular flexibility index (Phi) is 6.65. The van der Waals surface area contributed by atoms with E-state index in [0.29, 0.717) is 43.6 Å². The fraction of sp³-hybridized carbons (Fsp3) is 0.529. The number of hydrogen-bond donors (Lipinski definition) is 1. The molecule has 0 spiro atoms. The average molecular weight is 442 g/mol. The number of hydrogen-bond acceptors (Lipinski definition) is 8. The summed E-state index contributed by atoms with van der Waals surface area (Å²) in [5.41, 5.74) is 0.804. The van der Waals surface area contributed by atoms with Crippen LogP contribution in [-0.2, 0) is 19.6 Å². The SMILES string of the molecule is CCOC(=O)N1CCC(NC(=O)CN(C)S(=O)(=O)c2cccc3nsnc23)CC1. The van der Waals surface area contributed by atoms with Crippen molar-refractivity contribution in [1.29, 1.82) is 0 Å². The van der Waals surface area contributed by atoms with Gasteiger partial charge in [0.2, 0.25) is 15.9 Å². The van der Waals surface area contributed by atoms with E-state index >= 15 is 0 Å². The summed E-state index contributed by atoms with van der Waals surface area (Å²) in [6.45, 7) is 2.73. The Hall–Kier alpha value is -2.31. The van der Waals surface area contributed by atoms with Crippen molar-refractivity contribution in [2.75, 3.05) is 33.3 Å². The van der Waals surface area contributed by atoms with Gasteiger partial charge in [-0.1, -0.05) is 6.07 Å². The van der Waals surface area contributed by atoms with Gasteiger partial charge in [-0.2, -0.15) is 13.1 Å². The van der Waals surface area contributed by atoms with Crippen LogP contribution in [0, 0.1) is 0 Å². The van der Waals surface area contributed by atoms with Gasteiger partial charge in [0, 0.05) is 26.2 Å². The number of fused-ring (bicyclic) bond motifs is 1. The van der Waals surface area contributed by atoms with Gasteiger partial charge in [0.1, 0.15) is 15.9 Å². The van der Waals surface area contributed by atoms with E-state index in [9.17, 15) is 18.0 Å². The van der Waals surface area contributed by atoms with Crippen LogP contribution >= 0.6 is 11.7 Å². The molecule has 1 aromatic carbocycles. The smallest absolute Gasteiger partial charge is 0.409 e. The number of amides is 2. The molecule has 2 aromatic rings. The first-order chi connectivity index (χ1) is 13.8. The molecule has 0 saturated carbocycles. The van der Waals surface area contributed by atoms with Crippen LogP contribution in [0.5, 0.6) is 0 Å². The lowest BCUT2D eigenvalue weighted by Gasteiger charge is -2.31. The van der Waals surface area contributed by atoms with Crippen molar-refractivity contribution in [1.82, 2.24) is 23.3 Å². The number of aromatic nitrogens is 2. The molecular weight excluding hydrogens is 418 g/mol. The number of carbonyl (C=O) groups is 2. The summed E-state index contributed by atoms with van der Waals surface area (Å²) in [4.78, 5) is 25.7. The first-order valence-electron chi connectivity index (χ1n) is 9.21. The minimum absolute atomic E-state index is 0.0294. The standard InChI is InChI=1S/C17H23N5O5S2/c1-3-27-17(24)22-9-7-12(8-10-22)18-15(23)11-21(2)29(25,26)14-6-4-5-13-16(14)20-28-19-13/h4-6,12H,3,7-11H2,1-2H3,(H,18,23). The second-order valence-corrected chi connectivity index (χ2v) is 9.22. The molecule has 1 fully saturated rings. The Balaban J connectivity index is 1.57. The summed E-state index contributed by atoms with van der Waals surface area (Å²) in [7, 11) is -2.53. The zero-order chi connectivity index (χ0) is 21.0. The van der Waals surface area contributed by atoms with Crippen LogP contribution in [0.2, 0.25) is 0 Å². The highest BCUT2D eigenvalue weighted by Crippen LogP contribution is 2.23. The van der Waals surface area contributed by atoms with Crippen LogP contribution in [0.1, 0.15) is 19.8 Å². The highest BCUT2D eigenvalue weighted by molar-refractivity contribution is 7.89. The van der Waals surface area contributed by atoms with Crippen molar-refractivity contribution >= 4 is 44.8 Å². The molecule has 0 unspecified atom stereocenters. The van der Waals surface area contributed by atoms with Crippen LogP contribution < -0.4 is 5.32 Å². The number of sulfonamides is 1. The molecule has 0 atom stereocenters. The molecule has 0 aliphatic carbocycles. The second kappa shape index (κ2) is 9.01. The van der Waals surface area contributed by atoms with Gasteiger partial charge in [0.05, 0.1) is 24.9 Å². The van der Waals surface area contributed by atoms with Gasteiger partial charge in [0.25, 0.3) is 0 Å². The van der Waals surface area contributed by atoms with E-state index in [1.165, 1.54) is 13.1 Å². The number of likely N-dealkylation sites (N-methyl/N-ethyl adjacent to an activating group) is 1. The topological polar surface area (TPSA) is 122 Å². The van der Waals surface area contributed by atoms with E-state index in [-0.39, 0.29) is 23.6 Å². The molecule has 2 heterocycles. The summed E-state index contributed by atoms with van der Waals surface area (Å²) in [6, 6.07) is 4.63. The average Bonchev–Trinajstić information content (AvgIpc) is 3.17. The molecule has 1 N–H and O–H groups in total. The highest BCUT2D eigenvalue weighted by atomic mass is 32.2. The van der Waals surface area contributed by atoms with Crippen molar-refractivity contribution in [3.63, 3.8) is 0 Å². The molecule has 0 bridgehead atoms. The molecule has 29 heavy (non-hydrogen) atoms. The number of nitrogens with zero attached hydrogens (tertiary/aromatic N) is 4. The van der Waals surface area contributed by atoms with E-state index in [0.717, 1.165) is 16.0 Å². The largest absolute Gasteiger partial charge is 0.450 e. The molecule has 1 aliphatic rings. The third-order valence-corrected chi connectivity index (χ3v) is 7.07. The fourth-order valence-electron chi connectivity index (χ4n) is 3.14. The van der Waals surface area contributed by atoms with Gasteiger partial charge in [0.15, 0.2) is 0 Å². The molecule has 2 amide bonds. The summed E-state index contributed by atoms with van der Waals surface area (Å²) in [5.74, 6) is -0.394. The maximum absolute atomic E-state index is 12.9. The predicted octanol–water partition coefficient (Wildman–Crippen LogP) is 1.05. The summed E-state index contributed by atoms with van der Waals surface area (Å²) in [6.07, 6.45) is 0.823. The molecular formula is C17H23N5O5S2. The monoisotopic (exact) mass is 441 g/mol. The van der Waals surface area contributed by atoms with E-state index in [1.54, 1.807) is 24.0 Å². The minimum atomic E-state index is -3.89. The Morgan fingerprint density at radius 1 is 1.31 bits per heavy atom. The molecule has 1 aliphatic heterocycles. The Bertz CT molecular complexity index is 985. The number of benzene rings is 1. The molecule has 1 saturated heterocycles. The van der Waals surface area contributed by atoms with Crippen LogP contribution in [-0.4, -0.2) is 77.7 Å². The molecule has 158 valence electrons. The summed E-state index contributed by atoms with van der Waals surface area (Å²) in [5, 5.41) is 2.85. The molecule has 12 heteroatoms. The van der Waals surface area contributed by atoms with Gasteiger partial charge < -0.3 is 15.0 Å². The van der Waals surface area contributed by atoms with Crippen molar-refractivity contribution in [3.8, 4) is 0 Å². The van der Waals surface area contributed by atoms with Gasteiger partial charge in [-0.25, -0.2) is 13.2 Å². The van der Waals surface area contributed by atoms with Crippen LogP contribution in [0.3, 0.4) is 0 Å². The number of piperidine rings is 1. The normalized spacial score (nSPS) is 15.6. The number of likely N-dealkylation sites (tertiary alicyclic amines) is 1. The van der Waals surface area contributed by atoms with Crippen LogP contribution in [0.25, 0.3) is 11.0 Å². The highest BCUT2D eigenvalue weighted by Gasteiger charge is 2.28. The van der Waals surface area contributed by atoms with E-state index in [1.807, 2.05) is 0 Å². The fourth-order valence-corrected chi connectivity index (χ4v) is 5.01. The van der Waals surface area contributed by atoms with Crippen LogP contribution in [0.4, 0.5) is 4.79 Å². The van der Waals surface area contributed by atoms with Crippen molar-refractivity contribution in [2.24, 2.45) is 0 Å². The lowest BCUT2D eigenvalue weighted by molar-refractivity contribution is -0.122. The molecule has 1 aromatic heterocycles. The zero-order valence-corrected chi connectivity index (χ0v) is 17.8. The summed E-state index contributed by atoms with van der Waals surface area (Å²) >= 11 is 0.938. The predicted molar refractivity (Wildman–Crippen MR) is 107 cm³/mol. The number of rotatable bonds is 6. The van der Waals surface area contributed by atoms with Gasteiger partial charge in [-0.3, -0.25) is 4.79 Å². The Morgan fingerprint density at radius 2 is 2.03 bits per heavy atom. The zero-order valence-electron chi connectivity index (χ0n) is 16.2. The lowest BCUT2D eigenvalue weighted by atomic mass is 10.1. The minimum Gasteiger partial charge on any atom is -0.450 e. The third-order valence-electron chi connectivity index (χ3n) is 4.69. The third kappa shape index (κ3) is 4.82. The van der Waals surface area contributed by atoms with Gasteiger partial charge in [-0.05, 0) is 31.9 Å². The molecule has 3 rings (SSSR count). The first kappa shape index (κ1) is 21.4.